The zero-order valence-corrected chi connectivity index (χ0v) is 11.6. The van der Waals surface area contributed by atoms with Crippen LogP contribution in [0.4, 0.5) is 5.69 Å². The molecule has 0 spiro atoms. The molecule has 0 aliphatic rings. The molecule has 0 saturated heterocycles. The Morgan fingerprint density at radius 1 is 1.67 bits per heavy atom. The van der Waals surface area contributed by atoms with Crippen LogP contribution in [0.5, 0.6) is 0 Å². The van der Waals surface area contributed by atoms with Gasteiger partial charge in [-0.15, -0.1) is 0 Å². The number of thiocarbonyl (C=S) groups is 1. The number of nitrogens with one attached hydrogen (secondary N) is 1. The van der Waals surface area contributed by atoms with Gasteiger partial charge in [0.1, 0.15) is 11.0 Å². The molecule has 1 unspecified atom stereocenters. The minimum absolute atomic E-state index is 0.00948. The van der Waals surface area contributed by atoms with Crippen molar-refractivity contribution in [3.8, 4) is 0 Å². The average molecular weight is 266 g/mol. The second-order valence-electron chi connectivity index (χ2n) is 4.00. The summed E-state index contributed by atoms with van der Waals surface area (Å²) in [5.41, 5.74) is 6.99. The Labute approximate surface area is 112 Å². The maximum absolute atomic E-state index is 11.9. The fourth-order valence-corrected chi connectivity index (χ4v) is 1.68. The largest absolute Gasteiger partial charge is 0.389 e. The fourth-order valence-electron chi connectivity index (χ4n) is 1.51. The van der Waals surface area contributed by atoms with Gasteiger partial charge in [-0.3, -0.25) is 9.78 Å². The second-order valence-corrected chi connectivity index (χ2v) is 4.44. The van der Waals surface area contributed by atoms with E-state index >= 15 is 0 Å². The molecule has 0 fully saturated rings. The molecule has 98 valence electrons. The number of likely N-dealkylation sites (N-methyl/N-ethyl adjacent to an activating group) is 1. The van der Waals surface area contributed by atoms with Gasteiger partial charge in [0, 0.05) is 25.4 Å². The van der Waals surface area contributed by atoms with E-state index in [1.54, 1.807) is 37.3 Å². The average Bonchev–Trinajstić information content (AvgIpc) is 2.37. The lowest BCUT2D eigenvalue weighted by atomic mass is 10.2. The highest BCUT2D eigenvalue weighted by molar-refractivity contribution is 7.80. The molecular formula is C12H18N4OS. The van der Waals surface area contributed by atoms with Crippen LogP contribution < -0.4 is 11.1 Å². The topological polar surface area (TPSA) is 71.2 Å². The van der Waals surface area contributed by atoms with E-state index in [1.807, 2.05) is 6.92 Å². The number of rotatable bonds is 5. The Morgan fingerprint density at radius 2 is 2.33 bits per heavy atom. The highest BCUT2D eigenvalue weighted by atomic mass is 32.1. The number of aromatic nitrogens is 1. The molecule has 1 aromatic rings. The number of anilines is 1. The molecule has 0 aromatic carbocycles. The van der Waals surface area contributed by atoms with E-state index in [0.29, 0.717) is 17.8 Å². The third kappa shape index (κ3) is 3.40. The van der Waals surface area contributed by atoms with Gasteiger partial charge >= 0.3 is 0 Å². The van der Waals surface area contributed by atoms with E-state index in [2.05, 4.69) is 10.3 Å². The molecular weight excluding hydrogens is 248 g/mol. The normalized spacial score (nSPS) is 11.7. The Bertz CT molecular complexity index is 449. The van der Waals surface area contributed by atoms with Crippen LogP contribution in [0.1, 0.15) is 19.4 Å². The van der Waals surface area contributed by atoms with Crippen LogP contribution in [0, 0.1) is 0 Å². The molecule has 6 heteroatoms. The van der Waals surface area contributed by atoms with Crippen molar-refractivity contribution in [3.63, 3.8) is 0 Å². The van der Waals surface area contributed by atoms with E-state index < -0.39 is 0 Å². The standard InChI is InChI=1S/C12H18N4OS/c1-4-16(3)12(17)8(2)15-10-7-14-6-5-9(10)11(13)18/h5-8,15H,4H2,1-3H3,(H2,13,18). The quantitative estimate of drug-likeness (QED) is 0.778. The summed E-state index contributed by atoms with van der Waals surface area (Å²) in [6, 6.07) is 1.37. The Morgan fingerprint density at radius 3 is 2.89 bits per heavy atom. The molecule has 0 radical (unpaired) electrons. The Balaban J connectivity index is 2.85. The molecule has 3 N–H and O–H groups in total. The summed E-state index contributed by atoms with van der Waals surface area (Å²) in [6.45, 7) is 4.39. The monoisotopic (exact) mass is 266 g/mol. The van der Waals surface area contributed by atoms with Crippen molar-refractivity contribution in [1.82, 2.24) is 9.88 Å². The molecule has 0 saturated carbocycles. The third-order valence-electron chi connectivity index (χ3n) is 2.68. The summed E-state index contributed by atoms with van der Waals surface area (Å²) in [4.78, 5) is 17.9. The van der Waals surface area contributed by atoms with Gasteiger partial charge in [0.05, 0.1) is 11.9 Å². The van der Waals surface area contributed by atoms with Gasteiger partial charge in [0.15, 0.2) is 0 Å². The minimum Gasteiger partial charge on any atom is -0.389 e. The highest BCUT2D eigenvalue weighted by Gasteiger charge is 2.17. The Kier molecular flexibility index (Phi) is 5.03. The highest BCUT2D eigenvalue weighted by Crippen LogP contribution is 2.14. The molecule has 1 heterocycles. The van der Waals surface area contributed by atoms with E-state index in [0.717, 1.165) is 0 Å². The molecule has 1 rings (SSSR count). The van der Waals surface area contributed by atoms with Gasteiger partial charge in [0.2, 0.25) is 5.91 Å². The van der Waals surface area contributed by atoms with Gasteiger partial charge < -0.3 is 16.0 Å². The van der Waals surface area contributed by atoms with Crippen LogP contribution in [0.25, 0.3) is 0 Å². The number of carbonyl (C=O) groups excluding carboxylic acids is 1. The summed E-state index contributed by atoms with van der Waals surface area (Å²) in [6.07, 6.45) is 3.23. The molecule has 1 aromatic heterocycles. The molecule has 5 nitrogen and oxygen atoms in total. The summed E-state index contributed by atoms with van der Waals surface area (Å²) in [5.74, 6) is 0.00948. The van der Waals surface area contributed by atoms with Gasteiger partial charge in [-0.25, -0.2) is 0 Å². The van der Waals surface area contributed by atoms with Crippen LogP contribution >= 0.6 is 12.2 Å². The van der Waals surface area contributed by atoms with Crippen LogP contribution in [0.3, 0.4) is 0 Å². The summed E-state index contributed by atoms with van der Waals surface area (Å²) < 4.78 is 0. The first kappa shape index (κ1) is 14.4. The Hall–Kier alpha value is -1.69. The lowest BCUT2D eigenvalue weighted by Crippen LogP contribution is -2.39. The van der Waals surface area contributed by atoms with Crippen molar-refractivity contribution in [2.75, 3.05) is 18.9 Å². The predicted molar refractivity (Wildman–Crippen MR) is 76.5 cm³/mol. The SMILES string of the molecule is CCN(C)C(=O)C(C)Nc1cnccc1C(N)=S. The summed E-state index contributed by atoms with van der Waals surface area (Å²) in [7, 11) is 1.76. The van der Waals surface area contributed by atoms with E-state index in [1.165, 1.54) is 0 Å². The maximum atomic E-state index is 11.9. The third-order valence-corrected chi connectivity index (χ3v) is 2.90. The van der Waals surface area contributed by atoms with E-state index in [4.69, 9.17) is 18.0 Å². The lowest BCUT2D eigenvalue weighted by Gasteiger charge is -2.22. The van der Waals surface area contributed by atoms with Gasteiger partial charge in [-0.2, -0.15) is 0 Å². The van der Waals surface area contributed by atoms with Crippen LogP contribution in [0.15, 0.2) is 18.5 Å². The molecule has 0 aliphatic carbocycles. The molecule has 1 atom stereocenters. The first-order valence-corrected chi connectivity index (χ1v) is 6.13. The minimum atomic E-state index is -0.354. The predicted octanol–water partition coefficient (Wildman–Crippen LogP) is 0.994. The van der Waals surface area contributed by atoms with E-state index in [9.17, 15) is 4.79 Å². The first-order valence-electron chi connectivity index (χ1n) is 5.72. The van der Waals surface area contributed by atoms with Crippen molar-refractivity contribution in [2.45, 2.75) is 19.9 Å². The molecule has 18 heavy (non-hydrogen) atoms. The van der Waals surface area contributed by atoms with Crippen molar-refractivity contribution in [3.05, 3.63) is 24.0 Å². The number of hydrogen-bond acceptors (Lipinski definition) is 4. The zero-order valence-electron chi connectivity index (χ0n) is 10.8. The van der Waals surface area contributed by atoms with Gasteiger partial charge in [-0.05, 0) is 19.9 Å². The summed E-state index contributed by atoms with van der Waals surface area (Å²) in [5, 5.41) is 3.09. The van der Waals surface area contributed by atoms with Gasteiger partial charge in [-0.1, -0.05) is 12.2 Å². The van der Waals surface area contributed by atoms with Crippen LogP contribution in [-0.2, 0) is 4.79 Å². The maximum Gasteiger partial charge on any atom is 0.244 e. The van der Waals surface area contributed by atoms with Gasteiger partial charge in [0.25, 0.3) is 0 Å². The number of amides is 1. The molecule has 1 amide bonds. The first-order chi connectivity index (χ1) is 8.47. The summed E-state index contributed by atoms with van der Waals surface area (Å²) >= 11 is 4.96. The number of nitrogens with two attached hydrogens (primary N) is 1. The molecule has 0 bridgehead atoms. The van der Waals surface area contributed by atoms with E-state index in [-0.39, 0.29) is 16.9 Å². The van der Waals surface area contributed by atoms with Crippen LogP contribution in [-0.4, -0.2) is 40.4 Å². The second kappa shape index (κ2) is 6.30. The number of nitrogens with zero attached hydrogens (tertiary/aromatic N) is 2. The zero-order chi connectivity index (χ0) is 13.7. The van der Waals surface area contributed by atoms with Crippen molar-refractivity contribution < 1.29 is 4.79 Å². The molecule has 0 aliphatic heterocycles. The lowest BCUT2D eigenvalue weighted by molar-refractivity contribution is -0.130. The number of pyridine rings is 1. The number of carbonyl (C=O) groups is 1. The van der Waals surface area contributed by atoms with Crippen LogP contribution in [0.2, 0.25) is 0 Å². The van der Waals surface area contributed by atoms with Crippen molar-refractivity contribution >= 4 is 28.8 Å². The smallest absolute Gasteiger partial charge is 0.244 e. The fraction of sp³-hybridized carbons (Fsp3) is 0.417. The van der Waals surface area contributed by atoms with Crippen molar-refractivity contribution in [2.24, 2.45) is 5.73 Å². The number of hydrogen-bond donors (Lipinski definition) is 2. The van der Waals surface area contributed by atoms with Crippen molar-refractivity contribution in [1.29, 1.82) is 0 Å².